The van der Waals surface area contributed by atoms with Crippen LogP contribution >= 0.6 is 0 Å². The second kappa shape index (κ2) is 8.29. The Morgan fingerprint density at radius 2 is 0.613 bits per heavy atom. The number of aryl methyl sites for hydroxylation is 1. The highest BCUT2D eigenvalue weighted by Crippen LogP contribution is 2.33. The SMILES string of the molecule is Cc1nc(Nc2c(C)c(C)c(C)c(C)c2C)nc(Nc2c(C)c(C)c(C)c(C)c2C)n1. The van der Waals surface area contributed by atoms with Crippen LogP contribution in [0.1, 0.15) is 61.5 Å². The number of benzene rings is 2. The first-order valence-corrected chi connectivity index (χ1v) is 10.8. The van der Waals surface area contributed by atoms with Crippen molar-refractivity contribution in [3.63, 3.8) is 0 Å². The number of aromatic nitrogens is 3. The Labute approximate surface area is 186 Å². The number of anilines is 4. The van der Waals surface area contributed by atoms with Crippen LogP contribution < -0.4 is 10.6 Å². The van der Waals surface area contributed by atoms with Crippen molar-refractivity contribution in [2.75, 3.05) is 10.6 Å². The Hall–Kier alpha value is -2.95. The molecular formula is C26H35N5. The number of hydrogen-bond acceptors (Lipinski definition) is 5. The van der Waals surface area contributed by atoms with E-state index in [0.29, 0.717) is 17.7 Å². The maximum atomic E-state index is 4.71. The molecule has 1 aromatic heterocycles. The fourth-order valence-electron chi connectivity index (χ4n) is 4.19. The minimum atomic E-state index is 0.555. The lowest BCUT2D eigenvalue weighted by Crippen LogP contribution is -2.10. The van der Waals surface area contributed by atoms with Crippen LogP contribution in [-0.4, -0.2) is 15.0 Å². The van der Waals surface area contributed by atoms with Crippen molar-refractivity contribution in [1.82, 2.24) is 15.0 Å². The third-order valence-corrected chi connectivity index (χ3v) is 7.22. The zero-order chi connectivity index (χ0) is 23.2. The van der Waals surface area contributed by atoms with Crippen molar-refractivity contribution in [3.05, 3.63) is 61.5 Å². The molecule has 0 radical (unpaired) electrons. The second-order valence-corrected chi connectivity index (χ2v) is 8.78. The largest absolute Gasteiger partial charge is 0.324 e. The Bertz CT molecular complexity index is 1040. The summed E-state index contributed by atoms with van der Waals surface area (Å²) >= 11 is 0. The Morgan fingerprint density at radius 3 is 0.903 bits per heavy atom. The van der Waals surface area contributed by atoms with E-state index in [0.717, 1.165) is 11.4 Å². The first-order valence-electron chi connectivity index (χ1n) is 10.8. The first-order chi connectivity index (χ1) is 14.4. The molecule has 0 bridgehead atoms. The summed E-state index contributed by atoms with van der Waals surface area (Å²) in [6, 6.07) is 0. The van der Waals surface area contributed by atoms with Crippen LogP contribution in [0.25, 0.3) is 0 Å². The summed E-state index contributed by atoms with van der Waals surface area (Å²) in [7, 11) is 0. The molecule has 5 nitrogen and oxygen atoms in total. The van der Waals surface area contributed by atoms with Gasteiger partial charge >= 0.3 is 0 Å². The zero-order valence-corrected chi connectivity index (χ0v) is 20.8. The maximum absolute atomic E-state index is 4.71. The van der Waals surface area contributed by atoms with Crippen LogP contribution in [0, 0.1) is 76.2 Å². The van der Waals surface area contributed by atoms with Gasteiger partial charge in [-0.25, -0.2) is 0 Å². The third-order valence-electron chi connectivity index (χ3n) is 7.22. The van der Waals surface area contributed by atoms with Gasteiger partial charge in [0.15, 0.2) is 0 Å². The van der Waals surface area contributed by atoms with Crippen LogP contribution in [0.5, 0.6) is 0 Å². The van der Waals surface area contributed by atoms with Crippen LogP contribution in [0.15, 0.2) is 0 Å². The summed E-state index contributed by atoms with van der Waals surface area (Å²) < 4.78 is 0. The van der Waals surface area contributed by atoms with Gasteiger partial charge in [-0.1, -0.05) is 0 Å². The molecule has 164 valence electrons. The van der Waals surface area contributed by atoms with Crippen molar-refractivity contribution in [1.29, 1.82) is 0 Å². The van der Waals surface area contributed by atoms with E-state index < -0.39 is 0 Å². The second-order valence-electron chi connectivity index (χ2n) is 8.78. The molecule has 3 aromatic rings. The minimum absolute atomic E-state index is 0.555. The number of nitrogens with one attached hydrogen (secondary N) is 2. The monoisotopic (exact) mass is 417 g/mol. The van der Waals surface area contributed by atoms with Gasteiger partial charge in [0.2, 0.25) is 11.9 Å². The van der Waals surface area contributed by atoms with Crippen LogP contribution in [0.2, 0.25) is 0 Å². The van der Waals surface area contributed by atoms with Gasteiger partial charge in [0.1, 0.15) is 5.82 Å². The van der Waals surface area contributed by atoms with Gasteiger partial charge in [-0.2, -0.15) is 15.0 Å². The molecule has 2 aromatic carbocycles. The molecular weight excluding hydrogens is 382 g/mol. The number of nitrogens with zero attached hydrogens (tertiary/aromatic N) is 3. The molecule has 5 heteroatoms. The molecule has 0 unspecified atom stereocenters. The van der Waals surface area contributed by atoms with E-state index in [9.17, 15) is 0 Å². The lowest BCUT2D eigenvalue weighted by Gasteiger charge is -2.20. The van der Waals surface area contributed by atoms with Crippen molar-refractivity contribution in [3.8, 4) is 0 Å². The predicted molar refractivity (Wildman–Crippen MR) is 131 cm³/mol. The van der Waals surface area contributed by atoms with Crippen molar-refractivity contribution in [2.24, 2.45) is 0 Å². The molecule has 2 N–H and O–H groups in total. The van der Waals surface area contributed by atoms with Crippen LogP contribution in [0.4, 0.5) is 23.3 Å². The molecule has 0 saturated heterocycles. The fourth-order valence-corrected chi connectivity index (χ4v) is 4.19. The van der Waals surface area contributed by atoms with Crippen LogP contribution in [0.3, 0.4) is 0 Å². The van der Waals surface area contributed by atoms with Gasteiger partial charge in [-0.3, -0.25) is 0 Å². The summed E-state index contributed by atoms with van der Waals surface area (Å²) in [5.74, 6) is 1.78. The molecule has 0 fully saturated rings. The zero-order valence-electron chi connectivity index (χ0n) is 20.8. The molecule has 31 heavy (non-hydrogen) atoms. The van der Waals surface area contributed by atoms with E-state index >= 15 is 0 Å². The summed E-state index contributed by atoms with van der Waals surface area (Å²) in [6.07, 6.45) is 0. The van der Waals surface area contributed by atoms with Gasteiger partial charge in [0, 0.05) is 11.4 Å². The average Bonchev–Trinajstić information content (AvgIpc) is 2.74. The topological polar surface area (TPSA) is 62.7 Å². The van der Waals surface area contributed by atoms with Crippen LogP contribution in [-0.2, 0) is 0 Å². The Balaban J connectivity index is 2.04. The summed E-state index contributed by atoms with van der Waals surface area (Å²) in [5, 5.41) is 6.95. The van der Waals surface area contributed by atoms with E-state index in [-0.39, 0.29) is 0 Å². The molecule has 0 amide bonds. The first kappa shape index (κ1) is 22.7. The highest BCUT2D eigenvalue weighted by Gasteiger charge is 2.16. The Morgan fingerprint density at radius 1 is 0.355 bits per heavy atom. The van der Waals surface area contributed by atoms with Gasteiger partial charge in [-0.15, -0.1) is 0 Å². The van der Waals surface area contributed by atoms with E-state index in [4.69, 9.17) is 4.98 Å². The van der Waals surface area contributed by atoms with E-state index in [1.165, 1.54) is 55.6 Å². The number of rotatable bonds is 4. The molecule has 1 heterocycles. The third kappa shape index (κ3) is 4.01. The quantitative estimate of drug-likeness (QED) is 0.491. The van der Waals surface area contributed by atoms with Gasteiger partial charge in [-0.05, 0) is 132 Å². The average molecular weight is 418 g/mol. The number of hydrogen-bond donors (Lipinski definition) is 2. The molecule has 3 rings (SSSR count). The summed E-state index contributed by atoms with van der Waals surface area (Å²) in [5.41, 5.74) is 14.9. The normalized spacial score (nSPS) is 11.1. The van der Waals surface area contributed by atoms with E-state index in [1.807, 2.05) is 6.92 Å². The molecule has 0 aliphatic rings. The molecule has 0 aliphatic carbocycles. The smallest absolute Gasteiger partial charge is 0.232 e. The van der Waals surface area contributed by atoms with Gasteiger partial charge in [0.25, 0.3) is 0 Å². The highest BCUT2D eigenvalue weighted by atomic mass is 15.2. The summed E-state index contributed by atoms with van der Waals surface area (Å²) in [4.78, 5) is 13.8. The molecule has 0 spiro atoms. The highest BCUT2D eigenvalue weighted by molar-refractivity contribution is 5.71. The van der Waals surface area contributed by atoms with Crippen molar-refractivity contribution in [2.45, 2.75) is 76.2 Å². The van der Waals surface area contributed by atoms with E-state index in [1.54, 1.807) is 0 Å². The molecule has 0 saturated carbocycles. The van der Waals surface area contributed by atoms with E-state index in [2.05, 4.69) is 89.8 Å². The van der Waals surface area contributed by atoms with Crippen molar-refractivity contribution < 1.29 is 0 Å². The lowest BCUT2D eigenvalue weighted by molar-refractivity contribution is 0.984. The summed E-state index contributed by atoms with van der Waals surface area (Å²) in [6.45, 7) is 23.5. The standard InChI is InChI=1S/C26H35N5/c1-12-14(3)18(7)23(19(8)15(12)4)29-25-27-22(11)28-26(31-25)30-24-20(9)16(5)13(2)17(6)21(24)10/h1-11H3,(H2,27,28,29,30,31). The maximum Gasteiger partial charge on any atom is 0.232 e. The van der Waals surface area contributed by atoms with Crippen molar-refractivity contribution >= 4 is 23.3 Å². The Kier molecular flexibility index (Phi) is 6.08. The fraction of sp³-hybridized carbons (Fsp3) is 0.423. The molecule has 0 atom stereocenters. The minimum Gasteiger partial charge on any atom is -0.324 e. The molecule has 0 aliphatic heterocycles. The van der Waals surface area contributed by atoms with Gasteiger partial charge < -0.3 is 10.6 Å². The predicted octanol–water partition coefficient (Wildman–Crippen LogP) is 6.75. The van der Waals surface area contributed by atoms with Gasteiger partial charge in [0.05, 0.1) is 0 Å². The lowest BCUT2D eigenvalue weighted by atomic mass is 9.93.